The summed E-state index contributed by atoms with van der Waals surface area (Å²) in [6.45, 7) is 7.02. The maximum absolute atomic E-state index is 6.08. The van der Waals surface area contributed by atoms with Gasteiger partial charge in [0.05, 0.1) is 17.6 Å². The zero-order chi connectivity index (χ0) is 15.5. The molecule has 1 aliphatic rings. The molecular formula is C15H18N4OS2. The Kier molecular flexibility index (Phi) is 3.22. The van der Waals surface area contributed by atoms with Crippen molar-refractivity contribution in [3.05, 3.63) is 16.3 Å². The lowest BCUT2D eigenvalue weighted by molar-refractivity contribution is -0.0542. The lowest BCUT2D eigenvalue weighted by atomic mass is 9.90. The summed E-state index contributed by atoms with van der Waals surface area (Å²) in [7, 11) is 0. The summed E-state index contributed by atoms with van der Waals surface area (Å²) in [5.41, 5.74) is 2.20. The quantitative estimate of drug-likeness (QED) is 0.529. The van der Waals surface area contributed by atoms with Gasteiger partial charge in [0.25, 0.3) is 0 Å². The maximum Gasteiger partial charge on any atom is 0.176 e. The van der Waals surface area contributed by atoms with Crippen LogP contribution in [0, 0.1) is 6.92 Å². The van der Waals surface area contributed by atoms with E-state index in [1.165, 1.54) is 15.8 Å². The second kappa shape index (κ2) is 4.91. The SMILES string of the molecule is CCC1(C)Cc2c(sc3nc(SC)n4c(C)nnc4c23)CO1. The molecule has 0 aliphatic carbocycles. The molecule has 5 nitrogen and oxygen atoms in total. The van der Waals surface area contributed by atoms with Crippen LogP contribution in [0.2, 0.25) is 0 Å². The van der Waals surface area contributed by atoms with Gasteiger partial charge in [-0.2, -0.15) is 0 Å². The Morgan fingerprint density at radius 1 is 1.41 bits per heavy atom. The molecule has 0 saturated carbocycles. The number of thiophene rings is 1. The highest BCUT2D eigenvalue weighted by molar-refractivity contribution is 7.98. The number of hydrogen-bond acceptors (Lipinski definition) is 6. The molecule has 0 saturated heterocycles. The average Bonchev–Trinajstić information content (AvgIpc) is 3.07. The van der Waals surface area contributed by atoms with Crippen LogP contribution in [-0.2, 0) is 17.8 Å². The first-order valence-electron chi connectivity index (χ1n) is 7.40. The van der Waals surface area contributed by atoms with Gasteiger partial charge in [-0.25, -0.2) is 4.98 Å². The highest BCUT2D eigenvalue weighted by Gasteiger charge is 2.33. The van der Waals surface area contributed by atoms with Gasteiger partial charge in [0.1, 0.15) is 10.7 Å². The summed E-state index contributed by atoms with van der Waals surface area (Å²) < 4.78 is 8.15. The Labute approximate surface area is 137 Å². The molecule has 3 aromatic rings. The number of thioether (sulfide) groups is 1. The van der Waals surface area contributed by atoms with Gasteiger partial charge in [0, 0.05) is 11.3 Å². The van der Waals surface area contributed by atoms with Gasteiger partial charge in [-0.05, 0) is 32.1 Å². The molecule has 4 heterocycles. The monoisotopic (exact) mass is 334 g/mol. The Bertz CT molecular complexity index is 885. The van der Waals surface area contributed by atoms with Crippen molar-refractivity contribution in [2.24, 2.45) is 0 Å². The number of rotatable bonds is 2. The molecule has 7 heteroatoms. The summed E-state index contributed by atoms with van der Waals surface area (Å²) in [5, 5.41) is 10.8. The molecule has 0 N–H and O–H groups in total. The van der Waals surface area contributed by atoms with Crippen LogP contribution >= 0.6 is 23.1 Å². The Morgan fingerprint density at radius 2 is 2.23 bits per heavy atom. The number of fused-ring (bicyclic) bond motifs is 5. The van der Waals surface area contributed by atoms with E-state index < -0.39 is 0 Å². The van der Waals surface area contributed by atoms with Crippen molar-refractivity contribution < 1.29 is 4.74 Å². The third kappa shape index (κ3) is 1.92. The van der Waals surface area contributed by atoms with E-state index >= 15 is 0 Å². The normalized spacial score (nSPS) is 21.6. The van der Waals surface area contributed by atoms with Gasteiger partial charge in [0.15, 0.2) is 10.8 Å². The van der Waals surface area contributed by atoms with Gasteiger partial charge in [-0.1, -0.05) is 18.7 Å². The summed E-state index contributed by atoms with van der Waals surface area (Å²) >= 11 is 3.36. The molecule has 22 heavy (non-hydrogen) atoms. The van der Waals surface area contributed by atoms with Crippen LogP contribution in [-0.4, -0.2) is 31.4 Å². The third-order valence-electron chi connectivity index (χ3n) is 4.54. The molecule has 1 unspecified atom stereocenters. The summed E-state index contributed by atoms with van der Waals surface area (Å²) in [4.78, 5) is 7.18. The smallest absolute Gasteiger partial charge is 0.176 e. The molecule has 0 spiro atoms. The predicted octanol–water partition coefficient (Wildman–Crippen LogP) is 3.61. The highest BCUT2D eigenvalue weighted by atomic mass is 32.2. The molecule has 3 aromatic heterocycles. The molecule has 0 fully saturated rings. The molecule has 0 amide bonds. The number of hydrogen-bond donors (Lipinski definition) is 0. The van der Waals surface area contributed by atoms with Gasteiger partial charge >= 0.3 is 0 Å². The average molecular weight is 334 g/mol. The van der Waals surface area contributed by atoms with Crippen molar-refractivity contribution in [2.45, 2.75) is 51.0 Å². The number of aryl methyl sites for hydroxylation is 1. The van der Waals surface area contributed by atoms with Crippen molar-refractivity contribution in [1.82, 2.24) is 19.6 Å². The molecule has 116 valence electrons. The first kappa shape index (κ1) is 14.4. The van der Waals surface area contributed by atoms with Crippen LogP contribution in [0.3, 0.4) is 0 Å². The fourth-order valence-corrected chi connectivity index (χ4v) is 4.77. The van der Waals surface area contributed by atoms with E-state index in [0.717, 1.165) is 34.3 Å². The van der Waals surface area contributed by atoms with Crippen molar-refractivity contribution in [1.29, 1.82) is 0 Å². The summed E-state index contributed by atoms with van der Waals surface area (Å²) in [5.74, 6) is 0.888. The molecule has 1 atom stereocenters. The zero-order valence-corrected chi connectivity index (χ0v) is 14.8. The van der Waals surface area contributed by atoms with E-state index in [4.69, 9.17) is 9.72 Å². The van der Waals surface area contributed by atoms with Crippen LogP contribution in [0.5, 0.6) is 0 Å². The topological polar surface area (TPSA) is 52.3 Å². The fraction of sp³-hybridized carbons (Fsp3) is 0.533. The minimum atomic E-state index is -0.0920. The first-order chi connectivity index (χ1) is 10.6. The largest absolute Gasteiger partial charge is 0.369 e. The molecule has 0 bridgehead atoms. The number of aromatic nitrogens is 4. The number of ether oxygens (including phenoxy) is 1. The molecule has 0 radical (unpaired) electrons. The van der Waals surface area contributed by atoms with Crippen LogP contribution in [0.25, 0.3) is 15.9 Å². The van der Waals surface area contributed by atoms with Gasteiger partial charge in [-0.15, -0.1) is 21.5 Å². The standard InChI is InChI=1S/C15H18N4OS2/c1-5-15(3)6-9-10(7-20-15)22-13-11(9)12-18-17-8(2)19(12)14(16-13)21-4/h5-7H2,1-4H3. The number of nitrogens with zero attached hydrogens (tertiary/aromatic N) is 4. The van der Waals surface area contributed by atoms with Crippen molar-refractivity contribution in [3.8, 4) is 0 Å². The van der Waals surface area contributed by atoms with Crippen LogP contribution in [0.1, 0.15) is 36.5 Å². The molecule has 0 aromatic carbocycles. The highest BCUT2D eigenvalue weighted by Crippen LogP contribution is 2.41. The Hall–Kier alpha value is -1.18. The van der Waals surface area contributed by atoms with Gasteiger partial charge < -0.3 is 4.74 Å². The Morgan fingerprint density at radius 3 is 2.95 bits per heavy atom. The molecule has 1 aliphatic heterocycles. The van der Waals surface area contributed by atoms with Gasteiger partial charge in [-0.3, -0.25) is 4.40 Å². The lowest BCUT2D eigenvalue weighted by Crippen LogP contribution is -2.33. The second-order valence-electron chi connectivity index (χ2n) is 5.96. The fourth-order valence-electron chi connectivity index (χ4n) is 3.03. The van der Waals surface area contributed by atoms with Gasteiger partial charge in [0.2, 0.25) is 0 Å². The zero-order valence-electron chi connectivity index (χ0n) is 13.1. The minimum Gasteiger partial charge on any atom is -0.369 e. The van der Waals surface area contributed by atoms with Crippen molar-refractivity contribution in [2.75, 3.05) is 6.26 Å². The second-order valence-corrected chi connectivity index (χ2v) is 7.81. The van der Waals surface area contributed by atoms with E-state index in [-0.39, 0.29) is 5.60 Å². The maximum atomic E-state index is 6.08. The van der Waals surface area contributed by atoms with E-state index in [2.05, 4.69) is 28.4 Å². The molecular weight excluding hydrogens is 316 g/mol. The minimum absolute atomic E-state index is 0.0920. The summed E-state index contributed by atoms with van der Waals surface area (Å²) in [6.07, 6.45) is 3.96. The third-order valence-corrected chi connectivity index (χ3v) is 6.28. The summed E-state index contributed by atoms with van der Waals surface area (Å²) in [6, 6.07) is 0. The lowest BCUT2D eigenvalue weighted by Gasteiger charge is -2.32. The van der Waals surface area contributed by atoms with E-state index in [1.54, 1.807) is 23.1 Å². The van der Waals surface area contributed by atoms with E-state index in [1.807, 2.05) is 13.2 Å². The van der Waals surface area contributed by atoms with E-state index in [9.17, 15) is 0 Å². The van der Waals surface area contributed by atoms with Crippen LogP contribution in [0.4, 0.5) is 0 Å². The first-order valence-corrected chi connectivity index (χ1v) is 9.44. The van der Waals surface area contributed by atoms with Crippen molar-refractivity contribution in [3.63, 3.8) is 0 Å². The van der Waals surface area contributed by atoms with Crippen LogP contribution in [0.15, 0.2) is 5.16 Å². The van der Waals surface area contributed by atoms with E-state index in [0.29, 0.717) is 6.61 Å². The predicted molar refractivity (Wildman–Crippen MR) is 89.9 cm³/mol. The molecule has 4 rings (SSSR count). The van der Waals surface area contributed by atoms with Crippen molar-refractivity contribution >= 4 is 39.0 Å². The van der Waals surface area contributed by atoms with Crippen LogP contribution < -0.4 is 0 Å². The Balaban J connectivity index is 2.06.